The van der Waals surface area contributed by atoms with Gasteiger partial charge in [-0.1, -0.05) is 42.5 Å². The number of carboxylic acids is 1. The summed E-state index contributed by atoms with van der Waals surface area (Å²) in [5.74, 6) is -0.806. The summed E-state index contributed by atoms with van der Waals surface area (Å²) in [4.78, 5) is 12.0. The molecule has 0 aliphatic carbocycles. The first-order chi connectivity index (χ1) is 11.8. The minimum atomic E-state index is -4.39. The minimum Gasteiger partial charge on any atom is -0.478 e. The van der Waals surface area contributed by atoms with E-state index in [-0.39, 0.29) is 11.3 Å². The number of carbonyl (C=O) groups is 1. The molecule has 3 rings (SSSR count). The fourth-order valence-corrected chi connectivity index (χ4v) is 3.52. The van der Waals surface area contributed by atoms with E-state index in [1.54, 1.807) is 18.2 Å². The Hall–Kier alpha value is -2.47. The van der Waals surface area contributed by atoms with Crippen molar-refractivity contribution in [2.45, 2.75) is 16.8 Å². The van der Waals surface area contributed by atoms with Crippen LogP contribution in [0.3, 0.4) is 0 Å². The van der Waals surface area contributed by atoms with Gasteiger partial charge in [0.1, 0.15) is 0 Å². The average Bonchev–Trinajstić information content (AvgIpc) is 2.58. The van der Waals surface area contributed by atoms with Crippen LogP contribution in [0.2, 0.25) is 0 Å². The standard InChI is InChI=1S/C19H13F3O2S/c20-19(21,22)15-7-3-4-12(8-15)11-25-17-10-14-6-2-1-5-13(14)9-16(17)18(23)24/h1-10H,11H2,(H,23,24). The molecule has 0 saturated carbocycles. The number of benzene rings is 3. The molecular weight excluding hydrogens is 349 g/mol. The van der Waals surface area contributed by atoms with Crippen molar-refractivity contribution in [2.75, 3.05) is 0 Å². The Labute approximate surface area is 146 Å². The van der Waals surface area contributed by atoms with Crippen molar-refractivity contribution in [1.82, 2.24) is 0 Å². The van der Waals surface area contributed by atoms with Gasteiger partial charge in [0.2, 0.25) is 0 Å². The maximum atomic E-state index is 12.8. The zero-order chi connectivity index (χ0) is 18.0. The Morgan fingerprint density at radius 1 is 0.960 bits per heavy atom. The van der Waals surface area contributed by atoms with Crippen LogP contribution < -0.4 is 0 Å². The van der Waals surface area contributed by atoms with Crippen LogP contribution in [-0.2, 0) is 11.9 Å². The highest BCUT2D eigenvalue weighted by Gasteiger charge is 2.30. The van der Waals surface area contributed by atoms with Gasteiger partial charge in [-0.3, -0.25) is 0 Å². The summed E-state index contributed by atoms with van der Waals surface area (Å²) in [7, 11) is 0. The smallest absolute Gasteiger partial charge is 0.416 e. The molecule has 0 aromatic heterocycles. The molecule has 6 heteroatoms. The van der Waals surface area contributed by atoms with Gasteiger partial charge in [-0.25, -0.2) is 4.79 Å². The van der Waals surface area contributed by atoms with Gasteiger partial charge in [0.15, 0.2) is 0 Å². The first-order valence-electron chi connectivity index (χ1n) is 7.39. The maximum Gasteiger partial charge on any atom is 0.416 e. The Kier molecular flexibility index (Phi) is 4.72. The van der Waals surface area contributed by atoms with Gasteiger partial charge in [0.05, 0.1) is 11.1 Å². The summed E-state index contributed by atoms with van der Waals surface area (Å²) in [5.41, 5.74) is -0.0671. The van der Waals surface area contributed by atoms with Crippen molar-refractivity contribution in [3.05, 3.63) is 77.4 Å². The number of thioether (sulfide) groups is 1. The van der Waals surface area contributed by atoms with Gasteiger partial charge in [-0.05, 0) is 34.5 Å². The first kappa shape index (κ1) is 17.4. The molecule has 0 aliphatic heterocycles. The summed E-state index contributed by atoms with van der Waals surface area (Å²) >= 11 is 1.21. The van der Waals surface area contributed by atoms with Crippen LogP contribution in [-0.4, -0.2) is 11.1 Å². The van der Waals surface area contributed by atoms with E-state index < -0.39 is 17.7 Å². The molecule has 0 unspecified atom stereocenters. The number of aromatic carboxylic acids is 1. The number of carboxylic acid groups (broad SMARTS) is 1. The van der Waals surface area contributed by atoms with Crippen molar-refractivity contribution in [1.29, 1.82) is 0 Å². The molecule has 25 heavy (non-hydrogen) atoms. The molecule has 0 atom stereocenters. The molecule has 0 saturated heterocycles. The second-order valence-corrected chi connectivity index (χ2v) is 6.50. The first-order valence-corrected chi connectivity index (χ1v) is 8.38. The van der Waals surface area contributed by atoms with E-state index in [0.29, 0.717) is 10.5 Å². The Morgan fingerprint density at radius 3 is 2.28 bits per heavy atom. The SMILES string of the molecule is O=C(O)c1cc2ccccc2cc1SCc1cccc(C(F)(F)F)c1. The zero-order valence-electron chi connectivity index (χ0n) is 12.9. The molecule has 1 N–H and O–H groups in total. The van der Waals surface area contributed by atoms with Crippen molar-refractivity contribution in [3.8, 4) is 0 Å². The molecular formula is C19H13F3O2S. The molecule has 3 aromatic rings. The lowest BCUT2D eigenvalue weighted by molar-refractivity contribution is -0.137. The number of fused-ring (bicyclic) bond motifs is 1. The van der Waals surface area contributed by atoms with E-state index in [0.717, 1.165) is 22.9 Å². The monoisotopic (exact) mass is 362 g/mol. The van der Waals surface area contributed by atoms with Crippen LogP contribution >= 0.6 is 11.8 Å². The van der Waals surface area contributed by atoms with Gasteiger partial charge < -0.3 is 5.11 Å². The quantitative estimate of drug-likeness (QED) is 0.592. The second-order valence-electron chi connectivity index (χ2n) is 5.49. The van der Waals surface area contributed by atoms with Gasteiger partial charge >= 0.3 is 12.1 Å². The van der Waals surface area contributed by atoms with Crippen molar-refractivity contribution >= 4 is 28.5 Å². The summed E-state index contributed by atoms with van der Waals surface area (Å²) in [6.45, 7) is 0. The minimum absolute atomic E-state index is 0.149. The highest BCUT2D eigenvalue weighted by atomic mass is 32.2. The average molecular weight is 362 g/mol. The predicted molar refractivity (Wildman–Crippen MR) is 91.9 cm³/mol. The lowest BCUT2D eigenvalue weighted by atomic mass is 10.1. The lowest BCUT2D eigenvalue weighted by Crippen LogP contribution is -2.05. The fourth-order valence-electron chi connectivity index (χ4n) is 2.50. The van der Waals surface area contributed by atoms with Gasteiger partial charge in [0.25, 0.3) is 0 Å². The molecule has 0 bridgehead atoms. The molecule has 128 valence electrons. The number of alkyl halides is 3. The van der Waals surface area contributed by atoms with Crippen LogP contribution in [0.25, 0.3) is 10.8 Å². The highest BCUT2D eigenvalue weighted by Crippen LogP contribution is 2.33. The number of hydrogen-bond acceptors (Lipinski definition) is 2. The molecule has 0 spiro atoms. The number of hydrogen-bond donors (Lipinski definition) is 1. The number of halogens is 3. The maximum absolute atomic E-state index is 12.8. The molecule has 0 fully saturated rings. The Balaban J connectivity index is 1.90. The van der Waals surface area contributed by atoms with E-state index in [4.69, 9.17) is 0 Å². The molecule has 0 amide bonds. The van der Waals surface area contributed by atoms with Crippen LogP contribution in [0.5, 0.6) is 0 Å². The molecule has 0 aliphatic rings. The Morgan fingerprint density at radius 2 is 1.64 bits per heavy atom. The van der Waals surface area contributed by atoms with Crippen molar-refractivity contribution in [3.63, 3.8) is 0 Å². The summed E-state index contributed by atoms with van der Waals surface area (Å²) in [5, 5.41) is 11.1. The van der Waals surface area contributed by atoms with Gasteiger partial charge in [0, 0.05) is 10.6 Å². The van der Waals surface area contributed by atoms with E-state index in [1.807, 2.05) is 24.3 Å². The molecule has 2 nitrogen and oxygen atoms in total. The largest absolute Gasteiger partial charge is 0.478 e. The van der Waals surface area contributed by atoms with Crippen LogP contribution in [0.4, 0.5) is 13.2 Å². The lowest BCUT2D eigenvalue weighted by Gasteiger charge is -2.10. The second kappa shape index (κ2) is 6.80. The third-order valence-electron chi connectivity index (χ3n) is 3.73. The summed E-state index contributed by atoms with van der Waals surface area (Å²) in [6.07, 6.45) is -4.39. The topological polar surface area (TPSA) is 37.3 Å². The van der Waals surface area contributed by atoms with E-state index in [2.05, 4.69) is 0 Å². The van der Waals surface area contributed by atoms with Gasteiger partial charge in [-0.2, -0.15) is 13.2 Å². The van der Waals surface area contributed by atoms with Crippen LogP contribution in [0.15, 0.2) is 65.6 Å². The molecule has 0 radical (unpaired) electrons. The summed E-state index contributed by atoms with van der Waals surface area (Å²) < 4.78 is 38.4. The fraction of sp³-hybridized carbons (Fsp3) is 0.105. The molecule has 3 aromatic carbocycles. The van der Waals surface area contributed by atoms with Crippen LogP contribution in [0, 0.1) is 0 Å². The van der Waals surface area contributed by atoms with Gasteiger partial charge in [-0.15, -0.1) is 11.8 Å². The third kappa shape index (κ3) is 3.96. The van der Waals surface area contributed by atoms with E-state index in [9.17, 15) is 23.1 Å². The highest BCUT2D eigenvalue weighted by molar-refractivity contribution is 7.98. The Bertz CT molecular complexity index is 935. The third-order valence-corrected chi connectivity index (χ3v) is 4.85. The molecule has 0 heterocycles. The van der Waals surface area contributed by atoms with Crippen LogP contribution in [0.1, 0.15) is 21.5 Å². The van der Waals surface area contributed by atoms with Crippen molar-refractivity contribution in [2.24, 2.45) is 0 Å². The zero-order valence-corrected chi connectivity index (χ0v) is 13.7. The number of rotatable bonds is 4. The van der Waals surface area contributed by atoms with Crippen molar-refractivity contribution < 1.29 is 23.1 Å². The normalized spacial score (nSPS) is 11.6. The van der Waals surface area contributed by atoms with E-state index in [1.165, 1.54) is 17.8 Å². The predicted octanol–water partition coefficient (Wildman–Crippen LogP) is 5.85. The summed E-state index contributed by atoms with van der Waals surface area (Å²) in [6, 6.07) is 15.8. The van der Waals surface area contributed by atoms with E-state index >= 15 is 0 Å².